The topological polar surface area (TPSA) is 29.5 Å². The number of halogens is 1. The lowest BCUT2D eigenvalue weighted by atomic mass is 10.1. The van der Waals surface area contributed by atoms with Gasteiger partial charge in [-0.25, -0.2) is 4.39 Å². The van der Waals surface area contributed by atoms with Crippen LogP contribution in [0.15, 0.2) is 18.2 Å². The van der Waals surface area contributed by atoms with E-state index < -0.39 is 6.10 Å². The molecule has 0 saturated carbocycles. The quantitative estimate of drug-likeness (QED) is 0.834. The first-order valence-electron chi connectivity index (χ1n) is 5.64. The molecule has 0 fully saturated rings. The molecule has 3 heteroatoms. The first-order chi connectivity index (χ1) is 7.54. The summed E-state index contributed by atoms with van der Waals surface area (Å²) in [5.41, 5.74) is 0.503. The van der Waals surface area contributed by atoms with E-state index in [9.17, 15) is 9.50 Å². The molecule has 0 bridgehead atoms. The third kappa shape index (κ3) is 3.49. The lowest BCUT2D eigenvalue weighted by molar-refractivity contribution is 0.186. The number of aliphatic hydroxyl groups excluding tert-OH is 1. The van der Waals surface area contributed by atoms with E-state index in [0.717, 1.165) is 6.42 Å². The van der Waals surface area contributed by atoms with Gasteiger partial charge in [-0.1, -0.05) is 20.3 Å². The smallest absolute Gasteiger partial charge is 0.125 e. The third-order valence-electron chi connectivity index (χ3n) is 2.64. The minimum absolute atomic E-state index is 0.355. The number of rotatable bonds is 5. The molecule has 1 unspecified atom stereocenters. The molecule has 1 aromatic carbocycles. The van der Waals surface area contributed by atoms with Crippen molar-refractivity contribution in [2.45, 2.75) is 33.3 Å². The summed E-state index contributed by atoms with van der Waals surface area (Å²) in [5.74, 6) is 0.662. The summed E-state index contributed by atoms with van der Waals surface area (Å²) >= 11 is 0. The second-order valence-corrected chi connectivity index (χ2v) is 4.18. The standard InChI is InChI=1S/C13H19FO2/c1-4-9(2)8-16-13-6-5-11(14)7-12(13)10(3)15/h5-7,9-10,15H,4,8H2,1-3H3/t9?,10-/m0/s1. The van der Waals surface area contributed by atoms with Crippen molar-refractivity contribution in [3.8, 4) is 5.75 Å². The predicted molar refractivity (Wildman–Crippen MR) is 62.0 cm³/mol. The lowest BCUT2D eigenvalue weighted by Crippen LogP contribution is -2.09. The van der Waals surface area contributed by atoms with E-state index in [4.69, 9.17) is 4.74 Å². The largest absolute Gasteiger partial charge is 0.493 e. The molecule has 0 amide bonds. The van der Waals surface area contributed by atoms with Gasteiger partial charge in [-0.3, -0.25) is 0 Å². The van der Waals surface area contributed by atoms with E-state index in [2.05, 4.69) is 13.8 Å². The average Bonchev–Trinajstić information content (AvgIpc) is 2.26. The highest BCUT2D eigenvalue weighted by molar-refractivity contribution is 5.35. The van der Waals surface area contributed by atoms with Crippen molar-refractivity contribution in [1.82, 2.24) is 0 Å². The predicted octanol–water partition coefficient (Wildman–Crippen LogP) is 3.30. The molecule has 1 N–H and O–H groups in total. The van der Waals surface area contributed by atoms with Crippen LogP contribution in [0.1, 0.15) is 38.9 Å². The third-order valence-corrected chi connectivity index (χ3v) is 2.64. The Hall–Kier alpha value is -1.09. The van der Waals surface area contributed by atoms with Gasteiger partial charge in [-0.05, 0) is 31.0 Å². The Balaban J connectivity index is 2.78. The van der Waals surface area contributed by atoms with Crippen molar-refractivity contribution in [2.24, 2.45) is 5.92 Å². The maximum absolute atomic E-state index is 13.0. The van der Waals surface area contributed by atoms with Crippen molar-refractivity contribution in [2.75, 3.05) is 6.61 Å². The molecule has 2 nitrogen and oxygen atoms in total. The Labute approximate surface area is 96.1 Å². The minimum Gasteiger partial charge on any atom is -0.493 e. The molecule has 0 saturated heterocycles. The first kappa shape index (κ1) is 13.0. The Morgan fingerprint density at radius 2 is 2.06 bits per heavy atom. The molecular formula is C13H19FO2. The van der Waals surface area contributed by atoms with E-state index in [1.54, 1.807) is 13.0 Å². The zero-order valence-corrected chi connectivity index (χ0v) is 10.0. The number of hydrogen-bond acceptors (Lipinski definition) is 2. The van der Waals surface area contributed by atoms with Gasteiger partial charge in [0.15, 0.2) is 0 Å². The normalized spacial score (nSPS) is 14.6. The molecule has 0 heterocycles. The van der Waals surface area contributed by atoms with E-state index in [1.807, 2.05) is 0 Å². The van der Waals surface area contributed by atoms with E-state index in [1.165, 1.54) is 12.1 Å². The Bertz CT molecular complexity index is 337. The van der Waals surface area contributed by atoms with Gasteiger partial charge in [-0.15, -0.1) is 0 Å². The fourth-order valence-corrected chi connectivity index (χ4v) is 1.33. The van der Waals surface area contributed by atoms with E-state index in [-0.39, 0.29) is 5.82 Å². The summed E-state index contributed by atoms with van der Waals surface area (Å²) < 4.78 is 18.6. The number of benzene rings is 1. The van der Waals surface area contributed by atoms with Crippen molar-refractivity contribution >= 4 is 0 Å². The highest BCUT2D eigenvalue weighted by atomic mass is 19.1. The maximum atomic E-state index is 13.0. The van der Waals surface area contributed by atoms with Crippen molar-refractivity contribution in [3.05, 3.63) is 29.6 Å². The molecule has 0 aromatic heterocycles. The SMILES string of the molecule is CCC(C)COc1ccc(F)cc1[C@H](C)O. The van der Waals surface area contributed by atoms with Crippen LogP contribution in [-0.2, 0) is 0 Å². The minimum atomic E-state index is -0.720. The van der Waals surface area contributed by atoms with Gasteiger partial charge in [0.2, 0.25) is 0 Å². The van der Waals surface area contributed by atoms with Gasteiger partial charge in [0.1, 0.15) is 11.6 Å². The van der Waals surface area contributed by atoms with Gasteiger partial charge >= 0.3 is 0 Å². The van der Waals surface area contributed by atoms with Crippen molar-refractivity contribution in [3.63, 3.8) is 0 Å². The molecule has 0 spiro atoms. The van der Waals surface area contributed by atoms with Gasteiger partial charge < -0.3 is 9.84 Å². The van der Waals surface area contributed by atoms with Crippen LogP contribution in [-0.4, -0.2) is 11.7 Å². The molecule has 90 valence electrons. The fraction of sp³-hybridized carbons (Fsp3) is 0.538. The Morgan fingerprint density at radius 3 is 2.62 bits per heavy atom. The molecular weight excluding hydrogens is 207 g/mol. The van der Waals surface area contributed by atoms with Gasteiger partial charge in [-0.2, -0.15) is 0 Å². The highest BCUT2D eigenvalue weighted by Crippen LogP contribution is 2.26. The second kappa shape index (κ2) is 5.85. The van der Waals surface area contributed by atoms with Crippen LogP contribution in [0.3, 0.4) is 0 Å². The molecule has 0 aliphatic carbocycles. The van der Waals surface area contributed by atoms with Gasteiger partial charge in [0.25, 0.3) is 0 Å². The molecule has 16 heavy (non-hydrogen) atoms. The summed E-state index contributed by atoms with van der Waals surface area (Å²) in [5, 5.41) is 9.50. The molecule has 0 aliphatic rings. The summed E-state index contributed by atoms with van der Waals surface area (Å²) in [4.78, 5) is 0. The first-order valence-corrected chi connectivity index (χ1v) is 5.64. The van der Waals surface area contributed by atoms with Crippen LogP contribution in [0.5, 0.6) is 5.75 Å². The summed E-state index contributed by atoms with van der Waals surface area (Å²) in [6.07, 6.45) is 0.313. The molecule has 1 rings (SSSR count). The monoisotopic (exact) mass is 226 g/mol. The van der Waals surface area contributed by atoms with Crippen LogP contribution < -0.4 is 4.74 Å². The average molecular weight is 226 g/mol. The molecule has 2 atom stereocenters. The van der Waals surface area contributed by atoms with E-state index >= 15 is 0 Å². The zero-order valence-electron chi connectivity index (χ0n) is 10.0. The van der Waals surface area contributed by atoms with Crippen LogP contribution >= 0.6 is 0 Å². The zero-order chi connectivity index (χ0) is 12.1. The number of hydrogen-bond donors (Lipinski definition) is 1. The summed E-state index contributed by atoms with van der Waals surface area (Å²) in [6, 6.07) is 4.23. The Morgan fingerprint density at radius 1 is 1.38 bits per heavy atom. The van der Waals surface area contributed by atoms with E-state index in [0.29, 0.717) is 23.8 Å². The van der Waals surface area contributed by atoms with Crippen LogP contribution in [0.4, 0.5) is 4.39 Å². The molecule has 0 radical (unpaired) electrons. The lowest BCUT2D eigenvalue weighted by Gasteiger charge is -2.15. The molecule has 1 aromatic rings. The molecule has 0 aliphatic heterocycles. The summed E-state index contributed by atoms with van der Waals surface area (Å²) in [7, 11) is 0. The van der Waals surface area contributed by atoms with Crippen molar-refractivity contribution < 1.29 is 14.2 Å². The number of ether oxygens (including phenoxy) is 1. The summed E-state index contributed by atoms with van der Waals surface area (Å²) in [6.45, 7) is 6.37. The number of aliphatic hydroxyl groups is 1. The second-order valence-electron chi connectivity index (χ2n) is 4.18. The van der Waals surface area contributed by atoms with Crippen molar-refractivity contribution in [1.29, 1.82) is 0 Å². The fourth-order valence-electron chi connectivity index (χ4n) is 1.33. The van der Waals surface area contributed by atoms with Crippen LogP contribution in [0.25, 0.3) is 0 Å². The van der Waals surface area contributed by atoms with Gasteiger partial charge in [0.05, 0.1) is 12.7 Å². The Kier molecular flexibility index (Phi) is 4.74. The van der Waals surface area contributed by atoms with Crippen LogP contribution in [0.2, 0.25) is 0 Å². The van der Waals surface area contributed by atoms with Gasteiger partial charge in [0, 0.05) is 5.56 Å². The van der Waals surface area contributed by atoms with Crippen LogP contribution in [0, 0.1) is 11.7 Å². The highest BCUT2D eigenvalue weighted by Gasteiger charge is 2.11. The maximum Gasteiger partial charge on any atom is 0.125 e.